The highest BCUT2D eigenvalue weighted by atomic mass is 35.5. The third kappa shape index (κ3) is 7.17. The number of nitrogens with one attached hydrogen (secondary N) is 4. The van der Waals surface area contributed by atoms with Crippen molar-refractivity contribution in [2.45, 2.75) is 26.2 Å². The van der Waals surface area contributed by atoms with Gasteiger partial charge in [-0.2, -0.15) is 5.10 Å². The number of aromatic nitrogens is 3. The number of hydrogen-bond donors (Lipinski definition) is 4. The largest absolute Gasteiger partial charge is 0.457 e. The van der Waals surface area contributed by atoms with E-state index in [0.717, 1.165) is 5.69 Å². The first kappa shape index (κ1) is 28.2. The average Bonchev–Trinajstić information content (AvgIpc) is 3.27. The first-order valence-corrected chi connectivity index (χ1v) is 12.7. The Hall–Kier alpha value is -4.83. The van der Waals surface area contributed by atoms with Crippen molar-refractivity contribution in [1.82, 2.24) is 14.8 Å². The molecule has 2 aromatic heterocycles. The van der Waals surface area contributed by atoms with Crippen molar-refractivity contribution in [2.24, 2.45) is 7.05 Å². The van der Waals surface area contributed by atoms with Gasteiger partial charge in [-0.05, 0) is 36.4 Å². The van der Waals surface area contributed by atoms with E-state index >= 15 is 0 Å². The summed E-state index contributed by atoms with van der Waals surface area (Å²) in [5.41, 5.74) is 2.37. The molecule has 0 aliphatic rings. The summed E-state index contributed by atoms with van der Waals surface area (Å²) >= 11 is 6.44. The Kier molecular flexibility index (Phi) is 8.40. The third-order valence-electron chi connectivity index (χ3n) is 5.68. The molecule has 0 fully saturated rings. The summed E-state index contributed by atoms with van der Waals surface area (Å²) in [6, 6.07) is 17.0. The molecule has 0 bridgehead atoms. The van der Waals surface area contributed by atoms with Gasteiger partial charge in [0.1, 0.15) is 23.1 Å². The predicted octanol–water partition coefficient (Wildman–Crippen LogP) is 7.07. The number of amides is 3. The number of urea groups is 1. The Morgan fingerprint density at radius 1 is 0.950 bits per heavy atom. The van der Waals surface area contributed by atoms with Crippen LogP contribution < -0.4 is 26.0 Å². The van der Waals surface area contributed by atoms with Crippen LogP contribution in [-0.4, -0.2) is 26.7 Å². The zero-order valence-electron chi connectivity index (χ0n) is 22.6. The van der Waals surface area contributed by atoms with Crippen LogP contribution in [0.3, 0.4) is 0 Å². The second kappa shape index (κ2) is 11.9. The van der Waals surface area contributed by atoms with Gasteiger partial charge in [0.2, 0.25) is 5.91 Å². The Morgan fingerprint density at radius 2 is 1.68 bits per heavy atom. The molecule has 0 saturated heterocycles. The van der Waals surface area contributed by atoms with E-state index < -0.39 is 6.03 Å². The van der Waals surface area contributed by atoms with Gasteiger partial charge in [-0.25, -0.2) is 9.78 Å². The lowest BCUT2D eigenvalue weighted by Gasteiger charge is -2.13. The van der Waals surface area contributed by atoms with Crippen LogP contribution in [0.2, 0.25) is 5.02 Å². The summed E-state index contributed by atoms with van der Waals surface area (Å²) in [6.07, 6.45) is 2.79. The van der Waals surface area contributed by atoms with Gasteiger partial charge < -0.3 is 20.7 Å². The van der Waals surface area contributed by atoms with E-state index in [1.165, 1.54) is 6.08 Å². The van der Waals surface area contributed by atoms with Gasteiger partial charge in [0.15, 0.2) is 0 Å². The van der Waals surface area contributed by atoms with E-state index in [9.17, 15) is 9.59 Å². The SMILES string of the molecule is C=CC(=O)Nc1ccccc1Nc1cc(Oc2ccc(NC(=O)Nc3cc(C(C)(C)C)nn3C)c(Cl)c2)ccn1. The minimum Gasteiger partial charge on any atom is -0.457 e. The number of halogens is 1. The lowest BCUT2D eigenvalue weighted by molar-refractivity contribution is -0.111. The first-order chi connectivity index (χ1) is 19.0. The third-order valence-corrected chi connectivity index (χ3v) is 5.99. The van der Waals surface area contributed by atoms with Crippen LogP contribution in [0, 0.1) is 0 Å². The summed E-state index contributed by atoms with van der Waals surface area (Å²) < 4.78 is 7.59. The molecule has 0 atom stereocenters. The normalized spacial score (nSPS) is 10.9. The maximum atomic E-state index is 12.6. The van der Waals surface area contributed by atoms with E-state index in [-0.39, 0.29) is 11.3 Å². The summed E-state index contributed by atoms with van der Waals surface area (Å²) in [6.45, 7) is 9.64. The van der Waals surface area contributed by atoms with Gasteiger partial charge in [0, 0.05) is 36.9 Å². The maximum absolute atomic E-state index is 12.6. The second-order valence-electron chi connectivity index (χ2n) is 9.85. The lowest BCUT2D eigenvalue weighted by Crippen LogP contribution is -2.21. The molecule has 4 N–H and O–H groups in total. The van der Waals surface area contributed by atoms with E-state index in [1.807, 2.05) is 24.3 Å². The molecule has 2 aromatic carbocycles. The number of anilines is 5. The number of rotatable bonds is 8. The number of carbonyl (C=O) groups excluding carboxylic acids is 2. The van der Waals surface area contributed by atoms with Crippen molar-refractivity contribution in [3.8, 4) is 11.5 Å². The average molecular weight is 560 g/mol. The van der Waals surface area contributed by atoms with E-state index in [4.69, 9.17) is 16.3 Å². The molecule has 3 amide bonds. The molecule has 0 spiro atoms. The highest BCUT2D eigenvalue weighted by Crippen LogP contribution is 2.32. The molecule has 40 heavy (non-hydrogen) atoms. The molecule has 2 heterocycles. The van der Waals surface area contributed by atoms with Gasteiger partial charge in [-0.1, -0.05) is 51.1 Å². The van der Waals surface area contributed by atoms with Gasteiger partial charge in [0.25, 0.3) is 0 Å². The zero-order chi connectivity index (χ0) is 28.9. The summed E-state index contributed by atoms with van der Waals surface area (Å²) in [5.74, 6) is 1.71. The van der Waals surface area contributed by atoms with Crippen molar-refractivity contribution in [3.05, 3.63) is 90.2 Å². The highest BCUT2D eigenvalue weighted by Gasteiger charge is 2.20. The molecule has 0 aliphatic carbocycles. The topological polar surface area (TPSA) is 122 Å². The fourth-order valence-corrected chi connectivity index (χ4v) is 3.80. The molecule has 0 unspecified atom stereocenters. The van der Waals surface area contributed by atoms with Crippen LogP contribution >= 0.6 is 11.6 Å². The fourth-order valence-electron chi connectivity index (χ4n) is 3.58. The predicted molar refractivity (Wildman–Crippen MR) is 159 cm³/mol. The van der Waals surface area contributed by atoms with Crippen LogP contribution in [0.1, 0.15) is 26.5 Å². The molecule has 206 valence electrons. The van der Waals surface area contributed by atoms with Crippen LogP contribution in [0.4, 0.5) is 33.5 Å². The quantitative estimate of drug-likeness (QED) is 0.171. The van der Waals surface area contributed by atoms with E-state index in [0.29, 0.717) is 45.2 Å². The Bertz CT molecular complexity index is 1560. The van der Waals surface area contributed by atoms with Crippen LogP contribution in [0.5, 0.6) is 11.5 Å². The number of carbonyl (C=O) groups is 2. The van der Waals surface area contributed by atoms with Crippen molar-refractivity contribution in [3.63, 3.8) is 0 Å². The van der Waals surface area contributed by atoms with Crippen molar-refractivity contribution in [1.29, 1.82) is 0 Å². The molecule has 11 heteroatoms. The van der Waals surface area contributed by atoms with E-state index in [1.54, 1.807) is 54.3 Å². The minimum absolute atomic E-state index is 0.146. The zero-order valence-corrected chi connectivity index (χ0v) is 23.3. The van der Waals surface area contributed by atoms with Crippen molar-refractivity contribution < 1.29 is 14.3 Å². The Balaban J connectivity index is 1.41. The molecule has 0 radical (unpaired) electrons. The molecular formula is C29H30ClN7O3. The highest BCUT2D eigenvalue weighted by molar-refractivity contribution is 6.34. The number of para-hydroxylation sites is 2. The summed E-state index contributed by atoms with van der Waals surface area (Å²) in [4.78, 5) is 28.7. The van der Waals surface area contributed by atoms with Gasteiger partial charge in [-0.3, -0.25) is 14.8 Å². The van der Waals surface area contributed by atoms with E-state index in [2.05, 4.69) is 58.7 Å². The number of benzene rings is 2. The number of nitrogens with zero attached hydrogens (tertiary/aromatic N) is 3. The first-order valence-electron chi connectivity index (χ1n) is 12.4. The van der Waals surface area contributed by atoms with Crippen LogP contribution in [0.15, 0.2) is 79.5 Å². The lowest BCUT2D eigenvalue weighted by atomic mass is 9.92. The maximum Gasteiger partial charge on any atom is 0.324 e. The van der Waals surface area contributed by atoms with Crippen LogP contribution in [0.25, 0.3) is 0 Å². The number of aryl methyl sites for hydroxylation is 1. The number of hydrogen-bond acceptors (Lipinski definition) is 6. The molecule has 0 saturated carbocycles. The Labute approximate surface area is 237 Å². The summed E-state index contributed by atoms with van der Waals surface area (Å²) in [5, 5.41) is 16.2. The fraction of sp³-hybridized carbons (Fsp3) is 0.172. The van der Waals surface area contributed by atoms with Crippen LogP contribution in [-0.2, 0) is 17.3 Å². The molecule has 4 aromatic rings. The monoisotopic (exact) mass is 559 g/mol. The van der Waals surface area contributed by atoms with Gasteiger partial charge in [0.05, 0.1) is 27.8 Å². The molecule has 10 nitrogen and oxygen atoms in total. The second-order valence-corrected chi connectivity index (χ2v) is 10.3. The van der Waals surface area contributed by atoms with Gasteiger partial charge in [-0.15, -0.1) is 0 Å². The molecule has 0 aliphatic heterocycles. The summed E-state index contributed by atoms with van der Waals surface area (Å²) in [7, 11) is 1.77. The van der Waals surface area contributed by atoms with Crippen molar-refractivity contribution >= 4 is 52.2 Å². The number of pyridine rings is 1. The standard InChI is InChI=1S/C29H30ClN7O3/c1-6-27(38)33-23-10-8-7-9-22(23)32-25-16-19(13-14-31-25)40-18-11-12-21(20(30)15-18)34-28(39)35-26-17-24(29(2,3)4)36-37(26)5/h6-17H,1H2,2-5H3,(H,31,32)(H,33,38)(H2,34,35,39). The Morgan fingerprint density at radius 3 is 2.35 bits per heavy atom. The smallest absolute Gasteiger partial charge is 0.324 e. The molecule has 4 rings (SSSR count). The van der Waals surface area contributed by atoms with Crippen molar-refractivity contribution in [2.75, 3.05) is 21.3 Å². The number of ether oxygens (including phenoxy) is 1. The molecular weight excluding hydrogens is 530 g/mol. The van der Waals surface area contributed by atoms with Gasteiger partial charge >= 0.3 is 6.03 Å². The minimum atomic E-state index is -0.451.